The van der Waals surface area contributed by atoms with Crippen LogP contribution in [0.3, 0.4) is 0 Å². The third-order valence-corrected chi connectivity index (χ3v) is 5.72. The van der Waals surface area contributed by atoms with Crippen LogP contribution in [0.2, 0.25) is 0 Å². The van der Waals surface area contributed by atoms with Gasteiger partial charge in [0.05, 0.1) is 0 Å². The average Bonchev–Trinajstić information content (AvgIpc) is 3.01. The van der Waals surface area contributed by atoms with Gasteiger partial charge in [0, 0.05) is 36.6 Å². The van der Waals surface area contributed by atoms with E-state index in [1.54, 1.807) is 6.92 Å². The molecule has 3 rings (SSSR count). The van der Waals surface area contributed by atoms with Crippen LogP contribution in [-0.4, -0.2) is 47.3 Å². The Kier molecular flexibility index (Phi) is 6.51. The first kappa shape index (κ1) is 20.2. The van der Waals surface area contributed by atoms with Crippen molar-refractivity contribution in [3.63, 3.8) is 0 Å². The number of halogens is 2. The average molecular weight is 431 g/mol. The summed E-state index contributed by atoms with van der Waals surface area (Å²) in [4.78, 5) is 28.6. The fourth-order valence-electron chi connectivity index (χ4n) is 3.68. The summed E-state index contributed by atoms with van der Waals surface area (Å²) < 4.78 is 0.964. The molecule has 5 nitrogen and oxygen atoms in total. The number of amides is 2. The Morgan fingerprint density at radius 2 is 1.80 bits per heavy atom. The monoisotopic (exact) mass is 429 g/mol. The summed E-state index contributed by atoms with van der Waals surface area (Å²) in [7, 11) is 0. The number of likely N-dealkylation sites (tertiary alicyclic amines) is 2. The maximum Gasteiger partial charge on any atom is 0.246 e. The van der Waals surface area contributed by atoms with Crippen LogP contribution in [0, 0.1) is 0 Å². The molecule has 2 N–H and O–H groups in total. The van der Waals surface area contributed by atoms with E-state index in [9.17, 15) is 9.59 Å². The molecule has 0 aromatic heterocycles. The van der Waals surface area contributed by atoms with Crippen LogP contribution in [-0.2, 0) is 15.1 Å². The SMILES string of the molecule is CC(N)(C(=O)N1CCC(N2CCCC2=O)CC1)c1ccc(Br)cc1.Cl. The lowest BCUT2D eigenvalue weighted by Crippen LogP contribution is -2.55. The quantitative estimate of drug-likeness (QED) is 0.801. The molecule has 7 heteroatoms. The van der Waals surface area contributed by atoms with E-state index >= 15 is 0 Å². The van der Waals surface area contributed by atoms with Crippen molar-refractivity contribution in [3.8, 4) is 0 Å². The second kappa shape index (κ2) is 8.06. The van der Waals surface area contributed by atoms with Crippen LogP contribution in [0.1, 0.15) is 38.2 Å². The molecule has 2 heterocycles. The first-order valence-electron chi connectivity index (χ1n) is 8.53. The van der Waals surface area contributed by atoms with Gasteiger partial charge < -0.3 is 15.5 Å². The van der Waals surface area contributed by atoms with Crippen LogP contribution in [0.5, 0.6) is 0 Å². The zero-order valence-electron chi connectivity index (χ0n) is 14.4. The molecule has 2 fully saturated rings. The van der Waals surface area contributed by atoms with Crippen molar-refractivity contribution in [2.24, 2.45) is 5.73 Å². The number of hydrogen-bond donors (Lipinski definition) is 1. The van der Waals surface area contributed by atoms with Gasteiger partial charge in [-0.25, -0.2) is 0 Å². The van der Waals surface area contributed by atoms with Gasteiger partial charge in [-0.15, -0.1) is 12.4 Å². The predicted octanol–water partition coefficient (Wildman–Crippen LogP) is 2.66. The molecule has 0 radical (unpaired) electrons. The zero-order chi connectivity index (χ0) is 17.3. The molecule has 25 heavy (non-hydrogen) atoms. The summed E-state index contributed by atoms with van der Waals surface area (Å²) in [5, 5.41) is 0. The molecular weight excluding hydrogens is 406 g/mol. The van der Waals surface area contributed by atoms with Gasteiger partial charge in [-0.1, -0.05) is 28.1 Å². The molecule has 1 aromatic carbocycles. The number of nitrogens with two attached hydrogens (primary N) is 1. The lowest BCUT2D eigenvalue weighted by atomic mass is 9.90. The summed E-state index contributed by atoms with van der Waals surface area (Å²) in [6.45, 7) is 3.97. The minimum Gasteiger partial charge on any atom is -0.341 e. The van der Waals surface area contributed by atoms with Gasteiger partial charge in [0.1, 0.15) is 5.54 Å². The first-order valence-corrected chi connectivity index (χ1v) is 9.32. The first-order chi connectivity index (χ1) is 11.4. The Morgan fingerprint density at radius 1 is 1.20 bits per heavy atom. The molecule has 1 unspecified atom stereocenters. The molecule has 0 saturated carbocycles. The largest absolute Gasteiger partial charge is 0.341 e. The molecule has 1 atom stereocenters. The van der Waals surface area contributed by atoms with Crippen molar-refractivity contribution in [2.75, 3.05) is 19.6 Å². The molecule has 1 aromatic rings. The number of hydrogen-bond acceptors (Lipinski definition) is 3. The molecule has 0 spiro atoms. The van der Waals surface area contributed by atoms with Gasteiger partial charge >= 0.3 is 0 Å². The third-order valence-electron chi connectivity index (χ3n) is 5.19. The number of piperidine rings is 1. The van der Waals surface area contributed by atoms with Crippen molar-refractivity contribution in [2.45, 2.75) is 44.2 Å². The highest BCUT2D eigenvalue weighted by molar-refractivity contribution is 9.10. The highest BCUT2D eigenvalue weighted by Gasteiger charge is 2.38. The molecule has 0 aliphatic carbocycles. The van der Waals surface area contributed by atoms with Gasteiger partial charge in [-0.2, -0.15) is 0 Å². The zero-order valence-corrected chi connectivity index (χ0v) is 16.8. The van der Waals surface area contributed by atoms with E-state index in [0.29, 0.717) is 19.5 Å². The van der Waals surface area contributed by atoms with Gasteiger partial charge in [-0.3, -0.25) is 9.59 Å². The van der Waals surface area contributed by atoms with Crippen LogP contribution < -0.4 is 5.73 Å². The van der Waals surface area contributed by atoms with E-state index in [4.69, 9.17) is 5.73 Å². The van der Waals surface area contributed by atoms with E-state index in [1.165, 1.54) is 0 Å². The van der Waals surface area contributed by atoms with E-state index in [1.807, 2.05) is 34.1 Å². The highest BCUT2D eigenvalue weighted by atomic mass is 79.9. The minimum atomic E-state index is -1.03. The predicted molar refractivity (Wildman–Crippen MR) is 103 cm³/mol. The topological polar surface area (TPSA) is 66.6 Å². The lowest BCUT2D eigenvalue weighted by Gasteiger charge is -2.39. The molecule has 2 saturated heterocycles. The maximum atomic E-state index is 12.9. The summed E-state index contributed by atoms with van der Waals surface area (Å²) in [6.07, 6.45) is 3.31. The van der Waals surface area contributed by atoms with Crippen LogP contribution in [0.25, 0.3) is 0 Å². The van der Waals surface area contributed by atoms with E-state index in [0.717, 1.165) is 35.8 Å². The van der Waals surface area contributed by atoms with Crippen LogP contribution >= 0.6 is 28.3 Å². The van der Waals surface area contributed by atoms with E-state index < -0.39 is 5.54 Å². The second-order valence-electron chi connectivity index (χ2n) is 6.92. The number of carbonyl (C=O) groups excluding carboxylic acids is 2. The summed E-state index contributed by atoms with van der Waals surface area (Å²) in [6, 6.07) is 7.86. The maximum absolute atomic E-state index is 12.9. The van der Waals surface area contributed by atoms with Crippen molar-refractivity contribution in [3.05, 3.63) is 34.3 Å². The fraction of sp³-hybridized carbons (Fsp3) is 0.556. The van der Waals surface area contributed by atoms with Gasteiger partial charge in [0.15, 0.2) is 0 Å². The molecule has 138 valence electrons. The Morgan fingerprint density at radius 3 is 2.32 bits per heavy atom. The molecule has 2 aliphatic heterocycles. The van der Waals surface area contributed by atoms with Crippen molar-refractivity contribution in [1.29, 1.82) is 0 Å². The summed E-state index contributed by atoms with van der Waals surface area (Å²) in [5.41, 5.74) is 6.15. The van der Waals surface area contributed by atoms with E-state index in [-0.39, 0.29) is 30.3 Å². The van der Waals surface area contributed by atoms with Gasteiger partial charge in [-0.05, 0) is 43.9 Å². The van der Waals surface area contributed by atoms with Gasteiger partial charge in [0.25, 0.3) is 0 Å². The standard InChI is InChI=1S/C18H24BrN3O2.ClH/c1-18(20,13-4-6-14(19)7-5-13)17(24)21-11-8-15(9-12-21)22-10-2-3-16(22)23;/h4-7,15H,2-3,8-12,20H2,1H3;1H. The van der Waals surface area contributed by atoms with E-state index in [2.05, 4.69) is 15.9 Å². The number of benzene rings is 1. The minimum absolute atomic E-state index is 0. The molecular formula is C18H25BrClN3O2. The number of carbonyl (C=O) groups is 2. The summed E-state index contributed by atoms with van der Waals surface area (Å²) in [5.74, 6) is 0.217. The highest BCUT2D eigenvalue weighted by Crippen LogP contribution is 2.27. The van der Waals surface area contributed by atoms with Gasteiger partial charge in [0.2, 0.25) is 11.8 Å². The Bertz CT molecular complexity index is 628. The Hall–Kier alpha value is -1.11. The van der Waals surface area contributed by atoms with Crippen LogP contribution in [0.15, 0.2) is 28.7 Å². The smallest absolute Gasteiger partial charge is 0.246 e. The molecule has 2 amide bonds. The van der Waals surface area contributed by atoms with Crippen molar-refractivity contribution >= 4 is 40.2 Å². The Balaban J connectivity index is 0.00000225. The summed E-state index contributed by atoms with van der Waals surface area (Å²) >= 11 is 3.40. The molecule has 2 aliphatic rings. The number of nitrogens with zero attached hydrogens (tertiary/aromatic N) is 2. The fourth-order valence-corrected chi connectivity index (χ4v) is 3.95. The third kappa shape index (κ3) is 4.18. The number of rotatable bonds is 3. The second-order valence-corrected chi connectivity index (χ2v) is 7.84. The Labute approximate surface area is 163 Å². The normalized spacial score (nSPS) is 21.0. The molecule has 0 bridgehead atoms. The van der Waals surface area contributed by atoms with Crippen molar-refractivity contribution < 1.29 is 9.59 Å². The lowest BCUT2D eigenvalue weighted by molar-refractivity contribution is -0.139. The van der Waals surface area contributed by atoms with Crippen LogP contribution in [0.4, 0.5) is 0 Å². The van der Waals surface area contributed by atoms with Crippen molar-refractivity contribution in [1.82, 2.24) is 9.80 Å².